The van der Waals surface area contributed by atoms with Crippen molar-refractivity contribution in [2.24, 2.45) is 0 Å². The van der Waals surface area contributed by atoms with E-state index in [4.69, 9.17) is 33.0 Å². The van der Waals surface area contributed by atoms with Crippen LogP contribution >= 0.6 is 23.2 Å². The molecule has 0 aliphatic carbocycles. The van der Waals surface area contributed by atoms with Crippen LogP contribution in [-0.2, 0) is 4.79 Å². The fourth-order valence-corrected chi connectivity index (χ4v) is 1.82. The zero-order valence-electron chi connectivity index (χ0n) is 10.4. The Hall–Kier alpha value is -1.26. The van der Waals surface area contributed by atoms with Crippen LogP contribution in [0.1, 0.15) is 36.5 Å². The Morgan fingerprint density at radius 1 is 1.42 bits per heavy atom. The van der Waals surface area contributed by atoms with E-state index in [1.807, 2.05) is 6.92 Å². The molecule has 0 spiro atoms. The highest BCUT2D eigenvalue weighted by Crippen LogP contribution is 2.25. The first-order valence-corrected chi connectivity index (χ1v) is 6.63. The third-order valence-corrected chi connectivity index (χ3v) is 3.02. The van der Waals surface area contributed by atoms with Crippen LogP contribution < -0.4 is 4.74 Å². The van der Waals surface area contributed by atoms with E-state index in [0.29, 0.717) is 12.0 Å². The number of unbranched alkanes of at least 4 members (excludes halogenated alkanes) is 1. The topological polar surface area (TPSA) is 63.6 Å². The molecule has 6 heteroatoms. The quantitative estimate of drug-likeness (QED) is 0.615. The Balaban J connectivity index is 2.79. The normalized spacial score (nSPS) is 11.9. The number of hydrogen-bond acceptors (Lipinski definition) is 3. The van der Waals surface area contributed by atoms with Gasteiger partial charge in [0.05, 0.1) is 5.02 Å². The van der Waals surface area contributed by atoms with E-state index in [2.05, 4.69) is 0 Å². The molecule has 0 fully saturated rings. The van der Waals surface area contributed by atoms with E-state index in [1.54, 1.807) is 0 Å². The standard InChI is InChI=1S/C13H14Cl2O4/c1-2-3-4-11(16)9-6-5-8(7-10(9)14)19-12(15)13(17)18/h5-7,12H,2-4H2,1H3,(H,17,18). The minimum absolute atomic E-state index is 0.0425. The number of hydrogen-bond donors (Lipinski definition) is 1. The van der Waals surface area contributed by atoms with Crippen molar-refractivity contribution in [3.05, 3.63) is 28.8 Å². The van der Waals surface area contributed by atoms with E-state index in [9.17, 15) is 9.59 Å². The summed E-state index contributed by atoms with van der Waals surface area (Å²) in [4.78, 5) is 22.4. The Morgan fingerprint density at radius 3 is 2.63 bits per heavy atom. The second kappa shape index (κ2) is 7.36. The number of benzene rings is 1. The largest absolute Gasteiger partial charge is 0.478 e. The molecular formula is C13H14Cl2O4. The van der Waals surface area contributed by atoms with Crippen molar-refractivity contribution < 1.29 is 19.4 Å². The van der Waals surface area contributed by atoms with Gasteiger partial charge in [0.25, 0.3) is 5.56 Å². The Labute approximate surface area is 121 Å². The minimum atomic E-state index is -1.49. The lowest BCUT2D eigenvalue weighted by Gasteiger charge is -2.10. The Bertz CT molecular complexity index is 474. The first-order valence-electron chi connectivity index (χ1n) is 5.82. The summed E-state index contributed by atoms with van der Waals surface area (Å²) in [5.41, 5.74) is -1.08. The lowest BCUT2D eigenvalue weighted by Crippen LogP contribution is -2.20. The third-order valence-electron chi connectivity index (χ3n) is 2.43. The highest BCUT2D eigenvalue weighted by atomic mass is 35.5. The van der Waals surface area contributed by atoms with Gasteiger partial charge in [0, 0.05) is 12.0 Å². The predicted octanol–water partition coefficient (Wildman–Crippen LogP) is 3.74. The van der Waals surface area contributed by atoms with E-state index in [-0.39, 0.29) is 16.6 Å². The summed E-state index contributed by atoms with van der Waals surface area (Å²) in [5.74, 6) is -1.13. The maximum Gasteiger partial charge on any atom is 0.360 e. The van der Waals surface area contributed by atoms with Crippen molar-refractivity contribution in [1.82, 2.24) is 0 Å². The van der Waals surface area contributed by atoms with Crippen LogP contribution in [0.25, 0.3) is 0 Å². The number of carbonyl (C=O) groups is 2. The lowest BCUT2D eigenvalue weighted by molar-refractivity contribution is -0.141. The van der Waals surface area contributed by atoms with E-state index in [0.717, 1.165) is 12.8 Å². The van der Waals surface area contributed by atoms with Gasteiger partial charge in [-0.15, -0.1) is 0 Å². The van der Waals surface area contributed by atoms with Crippen molar-refractivity contribution in [3.63, 3.8) is 0 Å². The molecule has 1 atom stereocenters. The van der Waals surface area contributed by atoms with Crippen LogP contribution in [-0.4, -0.2) is 22.4 Å². The van der Waals surface area contributed by atoms with Gasteiger partial charge < -0.3 is 9.84 Å². The van der Waals surface area contributed by atoms with Gasteiger partial charge in [0.15, 0.2) is 5.78 Å². The molecule has 0 bridgehead atoms. The van der Waals surface area contributed by atoms with Crippen molar-refractivity contribution in [2.75, 3.05) is 0 Å². The fraction of sp³-hybridized carbons (Fsp3) is 0.385. The molecule has 0 saturated carbocycles. The van der Waals surface area contributed by atoms with E-state index < -0.39 is 11.5 Å². The number of rotatable bonds is 7. The molecular weight excluding hydrogens is 291 g/mol. The van der Waals surface area contributed by atoms with Gasteiger partial charge in [-0.2, -0.15) is 0 Å². The van der Waals surface area contributed by atoms with Gasteiger partial charge in [0.1, 0.15) is 5.75 Å². The second-order valence-electron chi connectivity index (χ2n) is 3.94. The number of halogens is 2. The molecule has 0 aliphatic rings. The number of alkyl halides is 1. The van der Waals surface area contributed by atoms with Crippen LogP contribution in [0.5, 0.6) is 5.75 Å². The molecule has 0 aliphatic heterocycles. The average molecular weight is 305 g/mol. The smallest absolute Gasteiger partial charge is 0.360 e. The van der Waals surface area contributed by atoms with Crippen LogP contribution in [0.15, 0.2) is 18.2 Å². The van der Waals surface area contributed by atoms with Crippen LogP contribution in [0.4, 0.5) is 0 Å². The summed E-state index contributed by atoms with van der Waals surface area (Å²) < 4.78 is 4.94. The predicted molar refractivity (Wildman–Crippen MR) is 73.2 cm³/mol. The summed E-state index contributed by atoms with van der Waals surface area (Å²) in [5, 5.41) is 8.84. The summed E-state index contributed by atoms with van der Waals surface area (Å²) in [6.45, 7) is 2.00. The van der Waals surface area contributed by atoms with Crippen LogP contribution in [0.3, 0.4) is 0 Å². The number of carbonyl (C=O) groups excluding carboxylic acids is 1. The van der Waals surface area contributed by atoms with E-state index in [1.165, 1.54) is 18.2 Å². The molecule has 4 nitrogen and oxygen atoms in total. The highest BCUT2D eigenvalue weighted by molar-refractivity contribution is 6.34. The monoisotopic (exact) mass is 304 g/mol. The molecule has 1 unspecified atom stereocenters. The number of aliphatic carboxylic acids is 1. The van der Waals surface area contributed by atoms with Gasteiger partial charge >= 0.3 is 5.97 Å². The Kier molecular flexibility index (Phi) is 6.12. The lowest BCUT2D eigenvalue weighted by atomic mass is 10.1. The number of ether oxygens (including phenoxy) is 1. The average Bonchev–Trinajstić information content (AvgIpc) is 2.35. The van der Waals surface area contributed by atoms with Crippen LogP contribution in [0.2, 0.25) is 5.02 Å². The second-order valence-corrected chi connectivity index (χ2v) is 4.74. The molecule has 0 saturated heterocycles. The Morgan fingerprint density at radius 2 is 2.11 bits per heavy atom. The number of ketones is 1. The molecule has 0 heterocycles. The molecule has 19 heavy (non-hydrogen) atoms. The molecule has 0 amide bonds. The van der Waals surface area contributed by atoms with Crippen molar-refractivity contribution >= 4 is 35.0 Å². The zero-order valence-corrected chi connectivity index (χ0v) is 11.9. The molecule has 1 aromatic carbocycles. The summed E-state index contributed by atoms with van der Waals surface area (Å²) in [6, 6.07) is 4.38. The zero-order chi connectivity index (χ0) is 14.4. The van der Waals surface area contributed by atoms with Crippen molar-refractivity contribution in [3.8, 4) is 5.75 Å². The third kappa shape index (κ3) is 4.73. The van der Waals surface area contributed by atoms with Crippen molar-refractivity contribution in [1.29, 1.82) is 0 Å². The molecule has 1 aromatic rings. The molecule has 104 valence electrons. The maximum atomic E-state index is 11.8. The maximum absolute atomic E-state index is 11.8. The fourth-order valence-electron chi connectivity index (χ4n) is 1.44. The van der Waals surface area contributed by atoms with Crippen LogP contribution in [0, 0.1) is 0 Å². The number of carboxylic acids is 1. The van der Waals surface area contributed by atoms with Gasteiger partial charge in [0.2, 0.25) is 0 Å². The van der Waals surface area contributed by atoms with Gasteiger partial charge in [-0.1, -0.05) is 36.5 Å². The highest BCUT2D eigenvalue weighted by Gasteiger charge is 2.17. The molecule has 0 aromatic heterocycles. The molecule has 0 radical (unpaired) electrons. The number of carboxylic acid groups (broad SMARTS) is 1. The van der Waals surface area contributed by atoms with Gasteiger partial charge in [-0.05, 0) is 24.6 Å². The van der Waals surface area contributed by atoms with E-state index >= 15 is 0 Å². The SMILES string of the molecule is CCCCC(=O)c1ccc(OC(Cl)C(=O)O)cc1Cl. The first kappa shape index (κ1) is 15.8. The minimum Gasteiger partial charge on any atom is -0.478 e. The number of Topliss-reactive ketones (excluding diaryl/α,β-unsaturated/α-hetero) is 1. The summed E-state index contributed by atoms with van der Waals surface area (Å²) >= 11 is 11.4. The van der Waals surface area contributed by atoms with Gasteiger partial charge in [-0.3, -0.25) is 4.79 Å². The van der Waals surface area contributed by atoms with Gasteiger partial charge in [-0.25, -0.2) is 4.79 Å². The summed E-state index contributed by atoms with van der Waals surface area (Å²) in [7, 11) is 0. The van der Waals surface area contributed by atoms with Crippen molar-refractivity contribution in [2.45, 2.75) is 31.7 Å². The molecule has 1 N–H and O–H groups in total. The molecule has 1 rings (SSSR count). The summed E-state index contributed by atoms with van der Waals surface area (Å²) in [6.07, 6.45) is 2.16. The first-order chi connectivity index (χ1) is 8.95.